The lowest BCUT2D eigenvalue weighted by molar-refractivity contribution is -0.137. The summed E-state index contributed by atoms with van der Waals surface area (Å²) in [5, 5.41) is 17.3. The van der Waals surface area contributed by atoms with Gasteiger partial charge in [0.05, 0.1) is 0 Å². The molecule has 0 bridgehead atoms. The second kappa shape index (κ2) is 8.81. The molecule has 0 aromatic rings. The molecule has 0 radical (unpaired) electrons. The summed E-state index contributed by atoms with van der Waals surface area (Å²) in [5.41, 5.74) is 0. The maximum absolute atomic E-state index is 11.8. The minimum Gasteiger partial charge on any atom is -0.480 e. The molecule has 0 atom stereocenters. The number of carbonyl (C=O) groups excluding carboxylic acids is 1. The van der Waals surface area contributed by atoms with Crippen LogP contribution in [-0.2, 0) is 4.79 Å². The molecule has 0 saturated heterocycles. The van der Waals surface area contributed by atoms with E-state index in [4.69, 9.17) is 10.2 Å². The number of unbranched alkanes of at least 4 members (excludes halogenated alkanes) is 2. The first-order chi connectivity index (χ1) is 8.02. The van der Waals surface area contributed by atoms with Gasteiger partial charge in [-0.2, -0.15) is 0 Å². The Bertz CT molecular complexity index is 246. The van der Waals surface area contributed by atoms with Gasteiger partial charge in [-0.3, -0.25) is 4.79 Å². The van der Waals surface area contributed by atoms with Crippen molar-refractivity contribution in [2.45, 2.75) is 26.2 Å². The molecule has 2 N–H and O–H groups in total. The van der Waals surface area contributed by atoms with E-state index in [1.54, 1.807) is 14.0 Å². The number of aliphatic hydroxyl groups excluding tert-OH is 1. The Morgan fingerprint density at radius 3 is 2.29 bits per heavy atom. The lowest BCUT2D eigenvalue weighted by Crippen LogP contribution is -2.43. The highest BCUT2D eigenvalue weighted by Crippen LogP contribution is 2.01. The van der Waals surface area contributed by atoms with Crippen molar-refractivity contribution in [1.29, 1.82) is 0 Å². The summed E-state index contributed by atoms with van der Waals surface area (Å²) >= 11 is 0. The van der Waals surface area contributed by atoms with Gasteiger partial charge in [0, 0.05) is 26.7 Å². The Kier molecular flexibility index (Phi) is 8.13. The Hall–Kier alpha value is -1.30. The highest BCUT2D eigenvalue weighted by Gasteiger charge is 2.18. The Balaban J connectivity index is 4.03. The molecule has 6 nitrogen and oxygen atoms in total. The number of amides is 2. The number of carbonyl (C=O) groups is 2. The van der Waals surface area contributed by atoms with Gasteiger partial charge in [0.1, 0.15) is 6.54 Å². The molecule has 17 heavy (non-hydrogen) atoms. The summed E-state index contributed by atoms with van der Waals surface area (Å²) in [6.45, 7) is 2.61. The van der Waals surface area contributed by atoms with Gasteiger partial charge in [-0.25, -0.2) is 4.79 Å². The third kappa shape index (κ3) is 6.78. The summed E-state index contributed by atoms with van der Waals surface area (Å²) in [6, 6.07) is -0.265. The van der Waals surface area contributed by atoms with Crippen molar-refractivity contribution in [3.63, 3.8) is 0 Å². The van der Waals surface area contributed by atoms with Gasteiger partial charge in [0.25, 0.3) is 0 Å². The molecule has 2 amide bonds. The van der Waals surface area contributed by atoms with E-state index in [9.17, 15) is 9.59 Å². The van der Waals surface area contributed by atoms with Crippen LogP contribution in [0.25, 0.3) is 0 Å². The molecule has 0 aliphatic heterocycles. The fraction of sp³-hybridized carbons (Fsp3) is 0.818. The van der Waals surface area contributed by atoms with Crippen LogP contribution in [0, 0.1) is 0 Å². The highest BCUT2D eigenvalue weighted by molar-refractivity contribution is 5.79. The average molecular weight is 246 g/mol. The van der Waals surface area contributed by atoms with Crippen molar-refractivity contribution >= 4 is 12.0 Å². The molecule has 0 saturated carbocycles. The molecule has 0 rings (SSSR count). The van der Waals surface area contributed by atoms with E-state index in [1.165, 1.54) is 9.80 Å². The molecule has 0 unspecified atom stereocenters. The van der Waals surface area contributed by atoms with Crippen LogP contribution >= 0.6 is 0 Å². The Labute approximate surface area is 102 Å². The predicted octanol–water partition coefficient (Wildman–Crippen LogP) is 0.607. The zero-order chi connectivity index (χ0) is 13.3. The van der Waals surface area contributed by atoms with E-state index < -0.39 is 5.97 Å². The number of likely N-dealkylation sites (N-methyl/N-ethyl adjacent to an activating group) is 1. The molecule has 0 aromatic heterocycles. The van der Waals surface area contributed by atoms with E-state index in [2.05, 4.69) is 0 Å². The van der Waals surface area contributed by atoms with Crippen molar-refractivity contribution in [3.8, 4) is 0 Å². The molecule has 100 valence electrons. The van der Waals surface area contributed by atoms with Gasteiger partial charge in [-0.1, -0.05) is 0 Å². The minimum atomic E-state index is -1.01. The molecule has 0 heterocycles. The first-order valence-corrected chi connectivity index (χ1v) is 5.85. The van der Waals surface area contributed by atoms with Crippen molar-refractivity contribution in [2.75, 3.05) is 33.3 Å². The first kappa shape index (κ1) is 15.7. The summed E-state index contributed by atoms with van der Waals surface area (Å²) in [7, 11) is 1.66. The second-order valence-corrected chi connectivity index (χ2v) is 3.90. The van der Waals surface area contributed by atoms with Gasteiger partial charge < -0.3 is 20.0 Å². The van der Waals surface area contributed by atoms with Gasteiger partial charge in [0.15, 0.2) is 0 Å². The number of carboxylic acids is 1. The van der Waals surface area contributed by atoms with Gasteiger partial charge >= 0.3 is 12.0 Å². The number of hydrogen-bond donors (Lipinski definition) is 2. The molecular formula is C11H22N2O4. The Morgan fingerprint density at radius 1 is 1.18 bits per heavy atom. The van der Waals surface area contributed by atoms with Crippen LogP contribution in [0.1, 0.15) is 26.2 Å². The normalized spacial score (nSPS) is 10.1. The summed E-state index contributed by atoms with van der Waals surface area (Å²) in [4.78, 5) is 25.2. The molecule has 0 aromatic carbocycles. The molecule has 0 spiro atoms. The molecule has 0 fully saturated rings. The number of nitrogens with zero attached hydrogens (tertiary/aromatic N) is 2. The summed E-state index contributed by atoms with van der Waals surface area (Å²) < 4.78 is 0. The summed E-state index contributed by atoms with van der Waals surface area (Å²) in [6.07, 6.45) is 2.40. The van der Waals surface area contributed by atoms with Gasteiger partial charge in [-0.15, -0.1) is 0 Å². The number of aliphatic hydroxyl groups is 1. The largest absolute Gasteiger partial charge is 0.480 e. The van der Waals surface area contributed by atoms with Crippen molar-refractivity contribution < 1.29 is 19.8 Å². The molecule has 0 aliphatic rings. The zero-order valence-electron chi connectivity index (χ0n) is 10.6. The van der Waals surface area contributed by atoms with Crippen molar-refractivity contribution in [3.05, 3.63) is 0 Å². The van der Waals surface area contributed by atoms with Crippen LogP contribution in [0.15, 0.2) is 0 Å². The van der Waals surface area contributed by atoms with Gasteiger partial charge in [0.2, 0.25) is 0 Å². The first-order valence-electron chi connectivity index (χ1n) is 5.85. The highest BCUT2D eigenvalue weighted by atomic mass is 16.4. The molecule has 0 aliphatic carbocycles. The molecular weight excluding hydrogens is 224 g/mol. The van der Waals surface area contributed by atoms with Crippen molar-refractivity contribution in [2.24, 2.45) is 0 Å². The third-order valence-corrected chi connectivity index (χ3v) is 2.46. The quantitative estimate of drug-likeness (QED) is 0.615. The lowest BCUT2D eigenvalue weighted by Gasteiger charge is -2.25. The number of hydrogen-bond acceptors (Lipinski definition) is 3. The smallest absolute Gasteiger partial charge is 0.323 e. The van der Waals surface area contributed by atoms with Crippen molar-refractivity contribution in [1.82, 2.24) is 9.80 Å². The van der Waals surface area contributed by atoms with Crippen LogP contribution in [-0.4, -0.2) is 65.3 Å². The zero-order valence-corrected chi connectivity index (χ0v) is 10.6. The van der Waals surface area contributed by atoms with Crippen LogP contribution < -0.4 is 0 Å². The van der Waals surface area contributed by atoms with Crippen LogP contribution in [0.2, 0.25) is 0 Å². The fourth-order valence-corrected chi connectivity index (χ4v) is 1.45. The SMILES string of the molecule is CCN(CC(=O)O)C(=O)N(C)CCCCCO. The van der Waals surface area contributed by atoms with Gasteiger partial charge in [-0.05, 0) is 26.2 Å². The molecule has 6 heteroatoms. The van der Waals surface area contributed by atoms with Crippen LogP contribution in [0.3, 0.4) is 0 Å². The minimum absolute atomic E-state index is 0.164. The summed E-state index contributed by atoms with van der Waals surface area (Å²) in [5.74, 6) is -1.01. The third-order valence-electron chi connectivity index (χ3n) is 2.46. The van der Waals surface area contributed by atoms with E-state index in [1.807, 2.05) is 0 Å². The number of urea groups is 1. The standard InChI is InChI=1S/C11H22N2O4/c1-3-13(9-10(15)16)11(17)12(2)7-5-4-6-8-14/h14H,3-9H2,1-2H3,(H,15,16). The second-order valence-electron chi connectivity index (χ2n) is 3.90. The van der Waals surface area contributed by atoms with E-state index in [0.29, 0.717) is 13.1 Å². The van der Waals surface area contributed by atoms with E-state index in [0.717, 1.165) is 19.3 Å². The van der Waals surface area contributed by atoms with Crippen LogP contribution in [0.4, 0.5) is 4.79 Å². The monoisotopic (exact) mass is 246 g/mol. The number of rotatable bonds is 8. The number of carboxylic acid groups (broad SMARTS) is 1. The Morgan fingerprint density at radius 2 is 1.82 bits per heavy atom. The predicted molar refractivity (Wildman–Crippen MR) is 63.8 cm³/mol. The maximum Gasteiger partial charge on any atom is 0.323 e. The van der Waals surface area contributed by atoms with Crippen LogP contribution in [0.5, 0.6) is 0 Å². The lowest BCUT2D eigenvalue weighted by atomic mass is 10.2. The van der Waals surface area contributed by atoms with E-state index in [-0.39, 0.29) is 19.2 Å². The average Bonchev–Trinajstić information content (AvgIpc) is 2.30. The topological polar surface area (TPSA) is 81.1 Å². The van der Waals surface area contributed by atoms with E-state index >= 15 is 0 Å². The maximum atomic E-state index is 11.8. The number of aliphatic carboxylic acids is 1. The fourth-order valence-electron chi connectivity index (χ4n) is 1.45.